The summed E-state index contributed by atoms with van der Waals surface area (Å²) in [7, 11) is -2.58. The zero-order valence-electron chi connectivity index (χ0n) is 14.4. The lowest BCUT2D eigenvalue weighted by Crippen LogP contribution is -2.15. The van der Waals surface area contributed by atoms with Crippen LogP contribution in [0.2, 0.25) is 5.02 Å². The zero-order chi connectivity index (χ0) is 19.2. The molecule has 136 valence electrons. The Kier molecular flexibility index (Phi) is 5.13. The number of benzene rings is 1. The fourth-order valence-corrected chi connectivity index (χ4v) is 5.14. The highest BCUT2D eigenvalue weighted by atomic mass is 35.5. The number of nitro benzene ring substituents is 1. The molecule has 1 aromatic heterocycles. The molecule has 7 nitrogen and oxygen atoms in total. The summed E-state index contributed by atoms with van der Waals surface area (Å²) in [5, 5.41) is 11.2. The van der Waals surface area contributed by atoms with Gasteiger partial charge in [0, 0.05) is 28.7 Å². The van der Waals surface area contributed by atoms with E-state index in [-0.39, 0.29) is 15.2 Å². The van der Waals surface area contributed by atoms with Gasteiger partial charge in [0.25, 0.3) is 15.7 Å². The molecule has 0 aliphatic rings. The van der Waals surface area contributed by atoms with E-state index in [1.807, 2.05) is 27.7 Å². The predicted molar refractivity (Wildman–Crippen MR) is 97.6 cm³/mol. The van der Waals surface area contributed by atoms with Crippen molar-refractivity contribution in [1.29, 1.82) is 0 Å². The van der Waals surface area contributed by atoms with Crippen LogP contribution in [0.1, 0.15) is 31.3 Å². The van der Waals surface area contributed by atoms with Gasteiger partial charge in [-0.15, -0.1) is 15.7 Å². The maximum Gasteiger partial charge on any atom is 0.291 e. The first kappa shape index (κ1) is 19.6. The van der Waals surface area contributed by atoms with E-state index >= 15 is 0 Å². The minimum atomic E-state index is -4.29. The highest BCUT2D eigenvalue weighted by Crippen LogP contribution is 2.30. The Morgan fingerprint density at radius 1 is 1.32 bits per heavy atom. The van der Waals surface area contributed by atoms with Gasteiger partial charge in [-0.1, -0.05) is 32.4 Å². The first-order chi connectivity index (χ1) is 11.3. The van der Waals surface area contributed by atoms with Gasteiger partial charge in [-0.05, 0) is 24.5 Å². The Morgan fingerprint density at radius 3 is 2.40 bits per heavy atom. The Morgan fingerprint density at radius 2 is 1.92 bits per heavy atom. The van der Waals surface area contributed by atoms with Crippen molar-refractivity contribution in [2.45, 2.75) is 38.0 Å². The van der Waals surface area contributed by atoms with Crippen LogP contribution in [-0.2, 0) is 22.5 Å². The summed E-state index contributed by atoms with van der Waals surface area (Å²) in [6.07, 6.45) is 0. The van der Waals surface area contributed by atoms with E-state index in [1.165, 1.54) is 17.4 Å². The normalized spacial score (nSPS) is 13.3. The molecule has 0 fully saturated rings. The predicted octanol–water partition coefficient (Wildman–Crippen LogP) is 3.54. The third-order valence-corrected chi connectivity index (χ3v) is 6.89. The molecule has 10 heteroatoms. The lowest BCUT2D eigenvalue weighted by atomic mass is 9.93. The summed E-state index contributed by atoms with van der Waals surface area (Å²) in [4.78, 5) is 11.1. The maximum absolute atomic E-state index is 12.7. The van der Waals surface area contributed by atoms with Crippen LogP contribution >= 0.6 is 22.9 Å². The van der Waals surface area contributed by atoms with E-state index in [2.05, 4.69) is 4.40 Å². The van der Waals surface area contributed by atoms with Gasteiger partial charge in [-0.2, -0.15) is 8.42 Å². The third kappa shape index (κ3) is 3.94. The number of thiazole rings is 1. The topological polar surface area (TPSA) is 94.6 Å². The molecule has 0 unspecified atom stereocenters. The van der Waals surface area contributed by atoms with Crippen molar-refractivity contribution >= 4 is 38.6 Å². The largest absolute Gasteiger partial charge is 0.323 e. The van der Waals surface area contributed by atoms with E-state index in [1.54, 1.807) is 11.6 Å². The molecule has 0 radical (unpaired) electrons. The zero-order valence-corrected chi connectivity index (χ0v) is 16.8. The highest BCUT2D eigenvalue weighted by molar-refractivity contribution is 7.90. The number of hydrogen-bond acceptors (Lipinski definition) is 5. The van der Waals surface area contributed by atoms with Gasteiger partial charge in [0.1, 0.15) is 0 Å². The molecule has 2 rings (SSSR count). The number of sulfonamides is 1. The molecule has 0 N–H and O–H groups in total. The Bertz CT molecular complexity index is 1010. The number of nitro groups is 1. The van der Waals surface area contributed by atoms with E-state index < -0.39 is 25.5 Å². The van der Waals surface area contributed by atoms with E-state index in [9.17, 15) is 18.5 Å². The van der Waals surface area contributed by atoms with Gasteiger partial charge < -0.3 is 4.57 Å². The average Bonchev–Trinajstić information content (AvgIpc) is 2.74. The molecule has 1 heterocycles. The summed E-state index contributed by atoms with van der Waals surface area (Å²) in [6.45, 7) is 7.94. The van der Waals surface area contributed by atoms with Crippen molar-refractivity contribution in [3.8, 4) is 0 Å². The highest BCUT2D eigenvalue weighted by Gasteiger charge is 2.27. The molecular weight excluding hydrogens is 386 g/mol. The summed E-state index contributed by atoms with van der Waals surface area (Å²) in [6, 6.07) is 3.38. The molecule has 0 spiro atoms. The van der Waals surface area contributed by atoms with E-state index in [4.69, 9.17) is 11.6 Å². The molecule has 25 heavy (non-hydrogen) atoms. The molecule has 0 amide bonds. The second-order valence-corrected chi connectivity index (χ2v) is 9.53. The summed E-state index contributed by atoms with van der Waals surface area (Å²) >= 11 is 7.07. The molecule has 0 saturated carbocycles. The van der Waals surface area contributed by atoms with Crippen LogP contribution in [-0.4, -0.2) is 17.9 Å². The number of aromatic nitrogens is 1. The SMILES string of the molecule is Cc1c(C(C)(C)C)s/c(=N/S(=O)(=O)c2cc(Cl)ccc2[N+](=O)[O-])n1C. The molecular formula is C15H18ClN3O4S2. The van der Waals surface area contributed by atoms with Gasteiger partial charge in [0.05, 0.1) is 4.92 Å². The Balaban J connectivity index is 2.74. The van der Waals surface area contributed by atoms with Crippen LogP contribution in [0.25, 0.3) is 0 Å². The summed E-state index contributed by atoms with van der Waals surface area (Å²) in [5.74, 6) is 0. The number of nitrogens with zero attached hydrogens (tertiary/aromatic N) is 3. The Hall–Kier alpha value is -1.71. The van der Waals surface area contributed by atoms with E-state index in [0.717, 1.165) is 22.7 Å². The van der Waals surface area contributed by atoms with Crippen LogP contribution in [0.4, 0.5) is 5.69 Å². The smallest absolute Gasteiger partial charge is 0.291 e. The molecule has 1 aromatic carbocycles. The van der Waals surface area contributed by atoms with Crippen molar-refractivity contribution in [2.75, 3.05) is 0 Å². The first-order valence-electron chi connectivity index (χ1n) is 7.26. The Labute approximate surface area is 154 Å². The monoisotopic (exact) mass is 403 g/mol. The van der Waals surface area contributed by atoms with Crippen molar-refractivity contribution in [3.63, 3.8) is 0 Å². The van der Waals surface area contributed by atoms with Crippen molar-refractivity contribution in [2.24, 2.45) is 11.4 Å². The molecule has 0 aliphatic heterocycles. The average molecular weight is 404 g/mol. The number of halogens is 1. The van der Waals surface area contributed by atoms with Gasteiger partial charge in [0.15, 0.2) is 4.90 Å². The van der Waals surface area contributed by atoms with Gasteiger partial charge in [0.2, 0.25) is 4.80 Å². The minimum absolute atomic E-state index is 0.0847. The van der Waals surface area contributed by atoms with Crippen LogP contribution in [0.3, 0.4) is 0 Å². The van der Waals surface area contributed by atoms with Crippen LogP contribution in [0.15, 0.2) is 27.5 Å². The standard InChI is InChI=1S/C15H18ClN3O4S2/c1-9-13(15(2,3)4)24-14(18(9)5)17-25(22,23)12-8-10(16)6-7-11(12)19(20)21/h6-8H,1-5H3/b17-14+. The summed E-state index contributed by atoms with van der Waals surface area (Å²) < 4.78 is 30.8. The van der Waals surface area contributed by atoms with Crippen LogP contribution in [0.5, 0.6) is 0 Å². The molecule has 0 saturated heterocycles. The fraction of sp³-hybridized carbons (Fsp3) is 0.400. The lowest BCUT2D eigenvalue weighted by molar-refractivity contribution is -0.387. The second kappa shape index (κ2) is 6.54. The third-order valence-electron chi connectivity index (χ3n) is 3.59. The van der Waals surface area contributed by atoms with Crippen molar-refractivity contribution in [1.82, 2.24) is 4.57 Å². The first-order valence-corrected chi connectivity index (χ1v) is 9.90. The van der Waals surface area contributed by atoms with Gasteiger partial charge >= 0.3 is 0 Å². The maximum atomic E-state index is 12.7. The summed E-state index contributed by atoms with van der Waals surface area (Å²) in [5.41, 5.74) is 0.165. The van der Waals surface area contributed by atoms with Gasteiger partial charge in [-0.3, -0.25) is 10.1 Å². The van der Waals surface area contributed by atoms with Crippen LogP contribution in [0, 0.1) is 17.0 Å². The molecule has 0 atom stereocenters. The van der Waals surface area contributed by atoms with Gasteiger partial charge in [-0.25, -0.2) is 0 Å². The van der Waals surface area contributed by atoms with Crippen molar-refractivity contribution < 1.29 is 13.3 Å². The lowest BCUT2D eigenvalue weighted by Gasteiger charge is -2.17. The van der Waals surface area contributed by atoms with E-state index in [0.29, 0.717) is 0 Å². The number of hydrogen-bond donors (Lipinski definition) is 0. The molecule has 0 bridgehead atoms. The quantitative estimate of drug-likeness (QED) is 0.578. The fourth-order valence-electron chi connectivity index (χ4n) is 2.30. The second-order valence-electron chi connectivity index (χ2n) is 6.54. The number of rotatable bonds is 3. The molecule has 2 aromatic rings. The minimum Gasteiger partial charge on any atom is -0.323 e. The van der Waals surface area contributed by atoms with Crippen molar-refractivity contribution in [3.05, 3.63) is 48.7 Å². The molecule has 0 aliphatic carbocycles. The van der Waals surface area contributed by atoms with Crippen LogP contribution < -0.4 is 4.80 Å².